The van der Waals surface area contributed by atoms with Gasteiger partial charge in [0, 0.05) is 6.61 Å². The largest absolute Gasteiger partial charge is 0.379 e. The highest BCUT2D eigenvalue weighted by Gasteiger charge is 2.05. The predicted molar refractivity (Wildman–Crippen MR) is 73.1 cm³/mol. The molecule has 0 bridgehead atoms. The van der Waals surface area contributed by atoms with Crippen LogP contribution in [0.1, 0.15) is 25.0 Å². The van der Waals surface area contributed by atoms with Crippen LogP contribution in [0.15, 0.2) is 18.2 Å². The van der Waals surface area contributed by atoms with Crippen molar-refractivity contribution in [2.24, 2.45) is 5.73 Å². The van der Waals surface area contributed by atoms with E-state index >= 15 is 0 Å². The Labute approximate surface area is 113 Å². The number of ether oxygens (including phenoxy) is 2. The Morgan fingerprint density at radius 1 is 1.42 bits per heavy atom. The lowest BCUT2D eigenvalue weighted by Gasteiger charge is -2.13. The summed E-state index contributed by atoms with van der Waals surface area (Å²) < 4.78 is 24.3. The van der Waals surface area contributed by atoms with Crippen LogP contribution in [0.25, 0.3) is 0 Å². The third kappa shape index (κ3) is 5.84. The quantitative estimate of drug-likeness (QED) is 0.801. The maximum Gasteiger partial charge on any atom is 0.138 e. The van der Waals surface area contributed by atoms with E-state index in [9.17, 15) is 4.39 Å². The minimum Gasteiger partial charge on any atom is -0.379 e. The average Bonchev–Trinajstić information content (AvgIpc) is 2.42. The predicted octanol–water partition coefficient (Wildman–Crippen LogP) is 2.08. The molecule has 0 fully saturated rings. The molecule has 0 aliphatic carbocycles. The summed E-state index contributed by atoms with van der Waals surface area (Å²) in [5.41, 5.74) is 6.51. The molecule has 1 atom stereocenters. The van der Waals surface area contributed by atoms with Crippen molar-refractivity contribution in [2.75, 3.05) is 19.8 Å². The minimum absolute atomic E-state index is 0.00331. The average molecular weight is 265 g/mol. The highest BCUT2D eigenvalue weighted by Crippen LogP contribution is 2.11. The molecule has 0 aromatic heterocycles. The van der Waals surface area contributed by atoms with E-state index in [0.29, 0.717) is 25.4 Å². The molecule has 104 valence electrons. The molecule has 1 unspecified atom stereocenters. The van der Waals surface area contributed by atoms with Crippen LogP contribution in [0.2, 0.25) is 0 Å². The van der Waals surface area contributed by atoms with Gasteiger partial charge in [-0.3, -0.25) is 0 Å². The first-order valence-electron chi connectivity index (χ1n) is 6.34. The second-order valence-corrected chi connectivity index (χ2v) is 4.10. The van der Waals surface area contributed by atoms with E-state index in [1.165, 1.54) is 6.07 Å². The molecule has 0 aliphatic rings. The molecule has 0 heterocycles. The lowest BCUT2D eigenvalue weighted by atomic mass is 10.1. The van der Waals surface area contributed by atoms with Crippen molar-refractivity contribution in [1.29, 1.82) is 0 Å². The molecular weight excluding hydrogens is 245 g/mol. The van der Waals surface area contributed by atoms with Gasteiger partial charge in [-0.15, -0.1) is 0 Å². The van der Waals surface area contributed by atoms with Crippen molar-refractivity contribution >= 4 is 0 Å². The van der Waals surface area contributed by atoms with Crippen molar-refractivity contribution < 1.29 is 13.9 Å². The number of nitrogens with two attached hydrogens (primary N) is 1. The highest BCUT2D eigenvalue weighted by molar-refractivity contribution is 5.38. The van der Waals surface area contributed by atoms with Crippen LogP contribution in [0.5, 0.6) is 0 Å². The van der Waals surface area contributed by atoms with Crippen molar-refractivity contribution in [1.82, 2.24) is 0 Å². The van der Waals surface area contributed by atoms with E-state index in [2.05, 4.69) is 11.8 Å². The van der Waals surface area contributed by atoms with E-state index < -0.39 is 0 Å². The fraction of sp³-hybridized carbons (Fsp3) is 0.467. The fourth-order valence-electron chi connectivity index (χ4n) is 1.47. The summed E-state index contributed by atoms with van der Waals surface area (Å²) in [6.07, 6.45) is 0.00331. The van der Waals surface area contributed by atoms with E-state index in [-0.39, 0.29) is 18.5 Å². The summed E-state index contributed by atoms with van der Waals surface area (Å²) in [5, 5.41) is 0. The van der Waals surface area contributed by atoms with Gasteiger partial charge in [0.05, 0.1) is 31.4 Å². The van der Waals surface area contributed by atoms with Crippen molar-refractivity contribution in [2.45, 2.75) is 26.6 Å². The molecule has 0 radical (unpaired) electrons. The Morgan fingerprint density at radius 2 is 2.21 bits per heavy atom. The molecule has 1 aromatic rings. The number of rotatable bonds is 6. The summed E-state index contributed by atoms with van der Waals surface area (Å²) in [5.74, 6) is 5.01. The smallest absolute Gasteiger partial charge is 0.138 e. The van der Waals surface area contributed by atoms with Gasteiger partial charge in [-0.25, -0.2) is 4.39 Å². The van der Waals surface area contributed by atoms with Crippen molar-refractivity contribution in [3.8, 4) is 11.8 Å². The van der Waals surface area contributed by atoms with Gasteiger partial charge in [-0.05, 0) is 31.5 Å². The molecule has 0 saturated heterocycles. The second kappa shape index (κ2) is 8.65. The monoisotopic (exact) mass is 265 g/mol. The Bertz CT molecular complexity index is 451. The molecule has 4 heteroatoms. The van der Waals surface area contributed by atoms with Crippen LogP contribution in [0.4, 0.5) is 4.39 Å². The van der Waals surface area contributed by atoms with Gasteiger partial charge >= 0.3 is 0 Å². The maximum atomic E-state index is 13.5. The molecule has 1 aromatic carbocycles. The van der Waals surface area contributed by atoms with E-state index in [0.717, 1.165) is 5.56 Å². The SMILES string of the molecule is CCOCC(C)OCc1ccc(F)c(C#CCN)c1. The normalized spacial score (nSPS) is 11.8. The first-order valence-corrected chi connectivity index (χ1v) is 6.34. The summed E-state index contributed by atoms with van der Waals surface area (Å²) in [7, 11) is 0. The lowest BCUT2D eigenvalue weighted by molar-refractivity contribution is -0.0116. The van der Waals surface area contributed by atoms with Gasteiger partial charge in [-0.2, -0.15) is 0 Å². The zero-order valence-corrected chi connectivity index (χ0v) is 11.4. The first-order chi connectivity index (χ1) is 9.17. The Balaban J connectivity index is 2.59. The van der Waals surface area contributed by atoms with Crippen LogP contribution in [-0.2, 0) is 16.1 Å². The van der Waals surface area contributed by atoms with Crippen LogP contribution >= 0.6 is 0 Å². The number of hydrogen-bond acceptors (Lipinski definition) is 3. The summed E-state index contributed by atoms with van der Waals surface area (Å²) in [6.45, 7) is 5.72. The fourth-order valence-corrected chi connectivity index (χ4v) is 1.47. The summed E-state index contributed by atoms with van der Waals surface area (Å²) in [4.78, 5) is 0. The minimum atomic E-state index is -0.341. The van der Waals surface area contributed by atoms with Gasteiger partial charge in [0.25, 0.3) is 0 Å². The van der Waals surface area contributed by atoms with E-state index in [4.69, 9.17) is 15.2 Å². The summed E-state index contributed by atoms with van der Waals surface area (Å²) >= 11 is 0. The van der Waals surface area contributed by atoms with Crippen LogP contribution < -0.4 is 5.73 Å². The Hall–Kier alpha value is -1.41. The van der Waals surface area contributed by atoms with Crippen LogP contribution in [-0.4, -0.2) is 25.9 Å². The Morgan fingerprint density at radius 3 is 2.89 bits per heavy atom. The molecule has 1 rings (SSSR count). The second-order valence-electron chi connectivity index (χ2n) is 4.10. The zero-order valence-electron chi connectivity index (χ0n) is 11.4. The highest BCUT2D eigenvalue weighted by atomic mass is 19.1. The molecule has 3 nitrogen and oxygen atoms in total. The lowest BCUT2D eigenvalue weighted by Crippen LogP contribution is -2.15. The van der Waals surface area contributed by atoms with Crippen LogP contribution in [0.3, 0.4) is 0 Å². The molecule has 19 heavy (non-hydrogen) atoms. The number of benzene rings is 1. The third-order valence-electron chi connectivity index (χ3n) is 2.45. The molecule has 0 saturated carbocycles. The third-order valence-corrected chi connectivity index (χ3v) is 2.45. The van der Waals surface area contributed by atoms with E-state index in [1.54, 1.807) is 12.1 Å². The van der Waals surface area contributed by atoms with Gasteiger partial charge in [-0.1, -0.05) is 17.9 Å². The van der Waals surface area contributed by atoms with Gasteiger partial charge < -0.3 is 15.2 Å². The molecular formula is C15H20FNO2. The molecule has 0 spiro atoms. The van der Waals surface area contributed by atoms with Gasteiger partial charge in [0.1, 0.15) is 5.82 Å². The molecule has 0 amide bonds. The molecule has 2 N–H and O–H groups in total. The van der Waals surface area contributed by atoms with Gasteiger partial charge in [0.2, 0.25) is 0 Å². The van der Waals surface area contributed by atoms with Gasteiger partial charge in [0.15, 0.2) is 0 Å². The summed E-state index contributed by atoms with van der Waals surface area (Å²) in [6, 6.07) is 4.77. The van der Waals surface area contributed by atoms with Crippen molar-refractivity contribution in [3.63, 3.8) is 0 Å². The number of hydrogen-bond donors (Lipinski definition) is 1. The number of halogens is 1. The standard InChI is InChI=1S/C15H20FNO2/c1-3-18-10-12(2)19-11-13-6-7-15(16)14(9-13)5-4-8-17/h6-7,9,12H,3,8,10-11,17H2,1-2H3. The van der Waals surface area contributed by atoms with Crippen molar-refractivity contribution in [3.05, 3.63) is 35.1 Å². The Kier molecular flexibility index (Phi) is 7.12. The first kappa shape index (κ1) is 15.6. The van der Waals surface area contributed by atoms with Crippen LogP contribution in [0, 0.1) is 17.7 Å². The maximum absolute atomic E-state index is 13.5. The zero-order chi connectivity index (χ0) is 14.1. The molecule has 0 aliphatic heterocycles. The topological polar surface area (TPSA) is 44.5 Å². The van der Waals surface area contributed by atoms with E-state index in [1.807, 2.05) is 13.8 Å².